The first-order valence-corrected chi connectivity index (χ1v) is 10.1. The molecule has 3 rings (SSSR count). The van der Waals surface area contributed by atoms with Crippen LogP contribution >= 0.6 is 11.3 Å². The van der Waals surface area contributed by atoms with E-state index in [0.717, 1.165) is 23.2 Å². The molecule has 0 aliphatic heterocycles. The van der Waals surface area contributed by atoms with Crippen molar-refractivity contribution >= 4 is 17.2 Å². The molecule has 0 amide bonds. The van der Waals surface area contributed by atoms with Crippen molar-refractivity contribution in [1.82, 2.24) is 4.98 Å². The van der Waals surface area contributed by atoms with Gasteiger partial charge in [0, 0.05) is 15.3 Å². The minimum absolute atomic E-state index is 0.455. The number of aromatic nitrogens is 1. The number of unbranched alkanes of at least 4 members (excludes halogenated alkanes) is 3. The number of rotatable bonds is 7. The van der Waals surface area contributed by atoms with E-state index in [2.05, 4.69) is 66.1 Å². The highest BCUT2D eigenvalue weighted by atomic mass is 32.1. The normalized spacial score (nSPS) is 10.7. The van der Waals surface area contributed by atoms with Crippen molar-refractivity contribution in [2.45, 2.75) is 46.0 Å². The molecule has 0 aliphatic carbocycles. The zero-order chi connectivity index (χ0) is 18.4. The molecular formula is C23H24N2S. The molecule has 0 spiro atoms. The van der Waals surface area contributed by atoms with Crippen LogP contribution in [0.4, 0.5) is 5.82 Å². The molecule has 0 saturated heterocycles. The SMILES string of the molecule is [C-]#[N+]c1cc(-c2ccc(CCCCCC)s2)cc(-c2ccc(C)cc2)n1. The maximum Gasteiger partial charge on any atom is 0.270 e. The number of nitrogens with zero attached hydrogens (tertiary/aromatic N) is 2. The van der Waals surface area contributed by atoms with Crippen molar-refractivity contribution in [2.24, 2.45) is 0 Å². The molecule has 2 aromatic heterocycles. The van der Waals surface area contributed by atoms with Gasteiger partial charge in [0.2, 0.25) is 0 Å². The van der Waals surface area contributed by atoms with Crippen LogP contribution in [-0.4, -0.2) is 4.98 Å². The minimum Gasteiger partial charge on any atom is -0.361 e. The summed E-state index contributed by atoms with van der Waals surface area (Å²) in [6, 6.07) is 16.7. The summed E-state index contributed by atoms with van der Waals surface area (Å²) >= 11 is 1.84. The Morgan fingerprint density at radius 3 is 2.50 bits per heavy atom. The molecule has 3 heteroatoms. The van der Waals surface area contributed by atoms with E-state index in [1.54, 1.807) is 0 Å². The lowest BCUT2D eigenvalue weighted by Crippen LogP contribution is -1.85. The second kappa shape index (κ2) is 8.78. The second-order valence-corrected chi connectivity index (χ2v) is 7.82. The molecule has 26 heavy (non-hydrogen) atoms. The fraction of sp³-hybridized carbons (Fsp3) is 0.304. The highest BCUT2D eigenvalue weighted by Crippen LogP contribution is 2.33. The van der Waals surface area contributed by atoms with E-state index < -0.39 is 0 Å². The first-order valence-electron chi connectivity index (χ1n) is 9.25. The smallest absolute Gasteiger partial charge is 0.270 e. The van der Waals surface area contributed by atoms with E-state index in [0.29, 0.717) is 5.82 Å². The summed E-state index contributed by atoms with van der Waals surface area (Å²) in [5.41, 5.74) is 4.23. The number of hydrogen-bond donors (Lipinski definition) is 0. The topological polar surface area (TPSA) is 17.2 Å². The number of pyridine rings is 1. The molecule has 0 unspecified atom stereocenters. The Kier molecular flexibility index (Phi) is 6.20. The fourth-order valence-corrected chi connectivity index (χ4v) is 4.02. The Hall–Kier alpha value is -2.44. The molecule has 0 aliphatic rings. The summed E-state index contributed by atoms with van der Waals surface area (Å²) < 4.78 is 0. The molecule has 2 nitrogen and oxygen atoms in total. The number of hydrogen-bond acceptors (Lipinski definition) is 2. The van der Waals surface area contributed by atoms with Crippen LogP contribution in [0.3, 0.4) is 0 Å². The molecule has 0 saturated carbocycles. The van der Waals surface area contributed by atoms with E-state index in [1.807, 2.05) is 17.4 Å². The summed E-state index contributed by atoms with van der Waals surface area (Å²) in [6.07, 6.45) is 6.30. The van der Waals surface area contributed by atoms with Crippen LogP contribution in [0.15, 0.2) is 48.5 Å². The van der Waals surface area contributed by atoms with Crippen molar-refractivity contribution < 1.29 is 0 Å². The van der Waals surface area contributed by atoms with Gasteiger partial charge >= 0.3 is 0 Å². The molecule has 0 radical (unpaired) electrons. The van der Waals surface area contributed by atoms with Gasteiger partial charge in [-0.25, -0.2) is 0 Å². The van der Waals surface area contributed by atoms with Crippen LogP contribution in [0.25, 0.3) is 26.5 Å². The number of benzene rings is 1. The second-order valence-electron chi connectivity index (χ2n) is 6.65. The predicted molar refractivity (Wildman–Crippen MR) is 112 cm³/mol. The predicted octanol–water partition coefficient (Wildman–Crippen LogP) is 7.46. The third-order valence-electron chi connectivity index (χ3n) is 4.50. The van der Waals surface area contributed by atoms with Gasteiger partial charge in [0.15, 0.2) is 5.69 Å². The molecule has 3 aromatic rings. The number of aryl methyl sites for hydroxylation is 2. The molecule has 0 N–H and O–H groups in total. The average Bonchev–Trinajstić information content (AvgIpc) is 3.14. The fourth-order valence-electron chi connectivity index (χ4n) is 2.98. The highest BCUT2D eigenvalue weighted by Gasteiger charge is 2.11. The Bertz CT molecular complexity index is 901. The molecule has 0 atom stereocenters. The Labute approximate surface area is 160 Å². The van der Waals surface area contributed by atoms with Gasteiger partial charge in [0.05, 0.1) is 0 Å². The lowest BCUT2D eigenvalue weighted by molar-refractivity contribution is 0.670. The van der Waals surface area contributed by atoms with Crippen molar-refractivity contribution in [3.8, 4) is 21.7 Å². The van der Waals surface area contributed by atoms with Gasteiger partial charge in [-0.15, -0.1) is 16.3 Å². The number of thiophene rings is 1. The quantitative estimate of drug-likeness (QED) is 0.316. The van der Waals surface area contributed by atoms with Gasteiger partial charge in [0.25, 0.3) is 5.82 Å². The average molecular weight is 361 g/mol. The van der Waals surface area contributed by atoms with Gasteiger partial charge in [-0.05, 0) is 49.6 Å². The molecular weight excluding hydrogens is 336 g/mol. The van der Waals surface area contributed by atoms with E-state index in [4.69, 9.17) is 6.57 Å². The van der Waals surface area contributed by atoms with E-state index in [-0.39, 0.29) is 0 Å². The lowest BCUT2D eigenvalue weighted by atomic mass is 10.1. The molecule has 132 valence electrons. The summed E-state index contributed by atoms with van der Waals surface area (Å²) in [6.45, 7) is 11.7. The largest absolute Gasteiger partial charge is 0.361 e. The van der Waals surface area contributed by atoms with Crippen molar-refractivity contribution in [3.05, 3.63) is 70.4 Å². The summed E-state index contributed by atoms with van der Waals surface area (Å²) in [5, 5.41) is 0. The molecule has 0 fully saturated rings. The standard InChI is InChI=1S/C23H24N2S/c1-4-5-6-7-8-20-13-14-22(26-20)19-15-21(25-23(16-19)24-3)18-11-9-17(2)10-12-18/h9-16H,4-8H2,1-2H3. The van der Waals surface area contributed by atoms with Gasteiger partial charge in [-0.3, -0.25) is 0 Å². The third-order valence-corrected chi connectivity index (χ3v) is 5.69. The monoisotopic (exact) mass is 360 g/mol. The van der Waals surface area contributed by atoms with E-state index in [1.165, 1.54) is 41.0 Å². The van der Waals surface area contributed by atoms with E-state index in [9.17, 15) is 0 Å². The maximum absolute atomic E-state index is 7.40. The Balaban J connectivity index is 1.86. The van der Waals surface area contributed by atoms with Crippen LogP contribution in [-0.2, 0) is 6.42 Å². The summed E-state index contributed by atoms with van der Waals surface area (Å²) in [5.74, 6) is 0.455. The highest BCUT2D eigenvalue weighted by molar-refractivity contribution is 7.15. The van der Waals surface area contributed by atoms with Crippen molar-refractivity contribution in [1.29, 1.82) is 0 Å². The first-order chi connectivity index (χ1) is 12.7. The third kappa shape index (κ3) is 4.59. The first kappa shape index (κ1) is 18.4. The summed E-state index contributed by atoms with van der Waals surface area (Å²) in [7, 11) is 0. The van der Waals surface area contributed by atoms with E-state index >= 15 is 0 Å². The Morgan fingerprint density at radius 2 is 1.77 bits per heavy atom. The van der Waals surface area contributed by atoms with Crippen LogP contribution in [0.2, 0.25) is 0 Å². The zero-order valence-electron chi connectivity index (χ0n) is 15.5. The maximum atomic E-state index is 7.40. The van der Waals surface area contributed by atoms with Gasteiger partial charge in [-0.1, -0.05) is 62.6 Å². The van der Waals surface area contributed by atoms with Crippen LogP contribution in [0.1, 0.15) is 43.0 Å². The molecule has 1 aromatic carbocycles. The molecule has 0 bridgehead atoms. The lowest BCUT2D eigenvalue weighted by Gasteiger charge is -2.03. The van der Waals surface area contributed by atoms with Crippen molar-refractivity contribution in [3.63, 3.8) is 0 Å². The van der Waals surface area contributed by atoms with Crippen molar-refractivity contribution in [2.75, 3.05) is 0 Å². The van der Waals surface area contributed by atoms with Gasteiger partial charge in [0.1, 0.15) is 0 Å². The zero-order valence-corrected chi connectivity index (χ0v) is 16.3. The van der Waals surface area contributed by atoms with Crippen LogP contribution < -0.4 is 0 Å². The Morgan fingerprint density at radius 1 is 0.962 bits per heavy atom. The minimum atomic E-state index is 0.455. The van der Waals surface area contributed by atoms with Gasteiger partial charge in [-0.2, -0.15) is 0 Å². The van der Waals surface area contributed by atoms with Crippen LogP contribution in [0, 0.1) is 13.5 Å². The summed E-state index contributed by atoms with van der Waals surface area (Å²) in [4.78, 5) is 10.7. The van der Waals surface area contributed by atoms with Gasteiger partial charge < -0.3 is 4.85 Å². The van der Waals surface area contributed by atoms with Crippen LogP contribution in [0.5, 0.6) is 0 Å². The molecule has 2 heterocycles.